The zero-order valence-corrected chi connectivity index (χ0v) is 16.9. The quantitative estimate of drug-likeness (QED) is 0.808. The van der Waals surface area contributed by atoms with Crippen molar-refractivity contribution in [1.29, 1.82) is 0 Å². The first kappa shape index (κ1) is 18.5. The second-order valence-electron chi connectivity index (χ2n) is 6.43. The van der Waals surface area contributed by atoms with Gasteiger partial charge in [-0.05, 0) is 19.1 Å². The van der Waals surface area contributed by atoms with Crippen LogP contribution in [0.15, 0.2) is 17.1 Å². The minimum atomic E-state index is -3.46. The number of aryl methyl sites for hydroxylation is 1. The van der Waals surface area contributed by atoms with E-state index in [0.717, 1.165) is 15.5 Å². The van der Waals surface area contributed by atoms with Gasteiger partial charge in [0.15, 0.2) is 10.9 Å². The Balaban J connectivity index is 1.49. The molecule has 0 bridgehead atoms. The Labute approximate surface area is 161 Å². The highest BCUT2D eigenvalue weighted by molar-refractivity contribution is 8.09. The van der Waals surface area contributed by atoms with Crippen LogP contribution in [0, 0.1) is 6.92 Å². The molecular formula is C16H21N3O4S3. The lowest BCUT2D eigenvalue weighted by atomic mass is 10.1. The minimum Gasteiger partial charge on any atom is -0.375 e. The minimum absolute atomic E-state index is 0.417. The van der Waals surface area contributed by atoms with Crippen LogP contribution in [0.25, 0.3) is 4.91 Å². The fraction of sp³-hybridized carbons (Fsp3) is 0.562. The van der Waals surface area contributed by atoms with Crippen molar-refractivity contribution in [2.24, 2.45) is 0 Å². The molecular weight excluding hydrogens is 394 g/mol. The Hall–Kier alpha value is -0.910. The summed E-state index contributed by atoms with van der Waals surface area (Å²) in [6, 6.07) is 0. The monoisotopic (exact) mass is 415 g/mol. The molecule has 26 heavy (non-hydrogen) atoms. The van der Waals surface area contributed by atoms with Crippen molar-refractivity contribution >= 4 is 43.2 Å². The van der Waals surface area contributed by atoms with Gasteiger partial charge in [0.1, 0.15) is 0 Å². The summed E-state index contributed by atoms with van der Waals surface area (Å²) in [6.45, 7) is 3.93. The van der Waals surface area contributed by atoms with Crippen molar-refractivity contribution in [2.45, 2.75) is 25.6 Å². The SMILES string of the molecule is Cc1nc(N)sc1C1=CC=C(S(=O)(=O)N2CCC3(CC2)OCCO3)CS1. The van der Waals surface area contributed by atoms with E-state index in [-0.39, 0.29) is 0 Å². The van der Waals surface area contributed by atoms with Crippen molar-refractivity contribution in [3.63, 3.8) is 0 Å². The maximum atomic E-state index is 13.0. The molecule has 4 heterocycles. The number of hydrogen-bond acceptors (Lipinski definition) is 8. The molecule has 1 aromatic rings. The number of thioether (sulfide) groups is 1. The topological polar surface area (TPSA) is 94.8 Å². The number of nitrogens with two attached hydrogens (primary N) is 1. The first-order valence-corrected chi connectivity index (χ1v) is 11.7. The van der Waals surface area contributed by atoms with Gasteiger partial charge in [-0.25, -0.2) is 13.4 Å². The second kappa shape index (κ2) is 6.92. The number of allylic oxidation sites excluding steroid dienone is 2. The zero-order chi connectivity index (χ0) is 18.4. The van der Waals surface area contributed by atoms with E-state index < -0.39 is 15.8 Å². The highest BCUT2D eigenvalue weighted by atomic mass is 32.2. The Morgan fingerprint density at radius 3 is 2.46 bits per heavy atom. The number of ether oxygens (including phenoxy) is 2. The van der Waals surface area contributed by atoms with Crippen LogP contribution in [-0.2, 0) is 19.5 Å². The highest BCUT2D eigenvalue weighted by Gasteiger charge is 2.43. The molecule has 0 unspecified atom stereocenters. The van der Waals surface area contributed by atoms with E-state index >= 15 is 0 Å². The summed E-state index contributed by atoms with van der Waals surface area (Å²) in [6.07, 6.45) is 4.72. The molecule has 4 rings (SSSR count). The van der Waals surface area contributed by atoms with E-state index in [2.05, 4.69) is 4.98 Å². The maximum absolute atomic E-state index is 13.0. The summed E-state index contributed by atoms with van der Waals surface area (Å²) < 4.78 is 38.8. The van der Waals surface area contributed by atoms with Crippen LogP contribution in [0.2, 0.25) is 0 Å². The number of anilines is 1. The van der Waals surface area contributed by atoms with Gasteiger partial charge >= 0.3 is 0 Å². The average Bonchev–Trinajstić information content (AvgIpc) is 3.21. The predicted molar refractivity (Wildman–Crippen MR) is 104 cm³/mol. The van der Waals surface area contributed by atoms with Crippen molar-refractivity contribution in [1.82, 2.24) is 9.29 Å². The number of nitrogen functional groups attached to an aromatic ring is 1. The molecule has 142 valence electrons. The van der Waals surface area contributed by atoms with Gasteiger partial charge in [-0.2, -0.15) is 4.31 Å². The molecule has 7 nitrogen and oxygen atoms in total. The van der Waals surface area contributed by atoms with Gasteiger partial charge in [0, 0.05) is 36.6 Å². The Kier molecular flexibility index (Phi) is 4.91. The van der Waals surface area contributed by atoms with Gasteiger partial charge in [-0.1, -0.05) is 11.3 Å². The number of hydrogen-bond donors (Lipinski definition) is 1. The fourth-order valence-corrected chi connectivity index (χ4v) is 7.28. The molecule has 0 atom stereocenters. The Morgan fingerprint density at radius 2 is 1.92 bits per heavy atom. The molecule has 1 spiro atoms. The lowest BCUT2D eigenvalue weighted by Gasteiger charge is -2.37. The fourth-order valence-electron chi connectivity index (χ4n) is 3.38. The average molecular weight is 416 g/mol. The van der Waals surface area contributed by atoms with Crippen molar-refractivity contribution in [3.05, 3.63) is 27.6 Å². The molecule has 2 N–H and O–H groups in total. The summed E-state index contributed by atoms with van der Waals surface area (Å²) in [5.74, 6) is -0.154. The van der Waals surface area contributed by atoms with E-state index in [1.54, 1.807) is 10.4 Å². The number of nitrogens with zero attached hydrogens (tertiary/aromatic N) is 2. The molecule has 0 amide bonds. The third kappa shape index (κ3) is 3.34. The van der Waals surface area contributed by atoms with Crippen molar-refractivity contribution < 1.29 is 17.9 Å². The smallest absolute Gasteiger partial charge is 0.240 e. The van der Waals surface area contributed by atoms with Crippen molar-refractivity contribution in [2.75, 3.05) is 37.8 Å². The zero-order valence-electron chi connectivity index (χ0n) is 14.4. The third-order valence-corrected chi connectivity index (χ3v) is 9.22. The van der Waals surface area contributed by atoms with Crippen LogP contribution in [0.4, 0.5) is 5.13 Å². The summed E-state index contributed by atoms with van der Waals surface area (Å²) in [5.41, 5.74) is 6.64. The van der Waals surface area contributed by atoms with Crippen LogP contribution < -0.4 is 5.73 Å². The molecule has 1 aromatic heterocycles. The first-order valence-electron chi connectivity index (χ1n) is 8.45. The molecule has 0 radical (unpaired) electrons. The predicted octanol–water partition coefficient (Wildman–Crippen LogP) is 2.17. The molecule has 0 aromatic carbocycles. The molecule has 10 heteroatoms. The molecule has 3 aliphatic rings. The first-order chi connectivity index (χ1) is 12.4. The van der Waals surface area contributed by atoms with Gasteiger partial charge in [0.2, 0.25) is 10.0 Å². The Morgan fingerprint density at radius 1 is 1.23 bits per heavy atom. The van der Waals surface area contributed by atoms with E-state index in [1.165, 1.54) is 23.1 Å². The summed E-state index contributed by atoms with van der Waals surface area (Å²) >= 11 is 2.94. The number of sulfonamides is 1. The summed E-state index contributed by atoms with van der Waals surface area (Å²) in [7, 11) is -3.46. The highest BCUT2D eigenvalue weighted by Crippen LogP contribution is 2.40. The van der Waals surface area contributed by atoms with Gasteiger partial charge in [-0.15, -0.1) is 11.8 Å². The lowest BCUT2D eigenvalue weighted by Crippen LogP contribution is -2.47. The lowest BCUT2D eigenvalue weighted by molar-refractivity contribution is -0.179. The van der Waals surface area contributed by atoms with Gasteiger partial charge in [0.25, 0.3) is 0 Å². The van der Waals surface area contributed by atoms with Crippen LogP contribution >= 0.6 is 23.1 Å². The summed E-state index contributed by atoms with van der Waals surface area (Å²) in [4.78, 5) is 6.69. The normalized spacial score (nSPS) is 23.9. The number of rotatable bonds is 3. The van der Waals surface area contributed by atoms with Gasteiger partial charge < -0.3 is 15.2 Å². The molecule has 0 saturated carbocycles. The molecule has 3 aliphatic heterocycles. The summed E-state index contributed by atoms with van der Waals surface area (Å²) in [5, 5.41) is 0.528. The van der Waals surface area contributed by atoms with Crippen LogP contribution in [0.1, 0.15) is 23.4 Å². The van der Waals surface area contributed by atoms with Crippen molar-refractivity contribution in [3.8, 4) is 0 Å². The molecule has 2 saturated heterocycles. The van der Waals surface area contributed by atoms with E-state index in [0.29, 0.717) is 54.9 Å². The van der Waals surface area contributed by atoms with Gasteiger partial charge in [-0.3, -0.25) is 0 Å². The van der Waals surface area contributed by atoms with Crippen LogP contribution in [0.5, 0.6) is 0 Å². The maximum Gasteiger partial charge on any atom is 0.240 e. The second-order valence-corrected chi connectivity index (χ2v) is 10.5. The van der Waals surface area contributed by atoms with Crippen LogP contribution in [0.3, 0.4) is 0 Å². The largest absolute Gasteiger partial charge is 0.375 e. The standard InChI is InChI=1S/C16H21N3O4S3/c1-11-14(25-15(17)18-11)13-3-2-12(10-24-13)26(20,21)19-6-4-16(5-7-19)22-8-9-23-16/h2-3H,4-10H2,1H3,(H2,17,18). The number of aromatic nitrogens is 1. The van der Waals surface area contributed by atoms with Gasteiger partial charge in [0.05, 0.1) is 28.7 Å². The molecule has 0 aliphatic carbocycles. The third-order valence-electron chi connectivity index (χ3n) is 4.80. The number of thiazole rings is 1. The van der Waals surface area contributed by atoms with Crippen LogP contribution in [-0.4, -0.2) is 55.6 Å². The molecule has 2 fully saturated rings. The van der Waals surface area contributed by atoms with E-state index in [9.17, 15) is 8.42 Å². The Bertz CT molecular complexity index is 859. The number of piperidine rings is 1. The van der Waals surface area contributed by atoms with E-state index in [4.69, 9.17) is 15.2 Å². The van der Waals surface area contributed by atoms with E-state index in [1.807, 2.05) is 13.0 Å².